The summed E-state index contributed by atoms with van der Waals surface area (Å²) in [5, 5.41) is 17.3. The van der Waals surface area contributed by atoms with E-state index in [0.717, 1.165) is 12.3 Å². The average molecular weight is 443 g/mol. The van der Waals surface area contributed by atoms with E-state index in [2.05, 4.69) is 25.7 Å². The van der Waals surface area contributed by atoms with E-state index < -0.39 is 29.7 Å². The average Bonchev–Trinajstić information content (AvgIpc) is 3.46. The molecule has 12 heteroatoms. The van der Waals surface area contributed by atoms with Gasteiger partial charge in [0.15, 0.2) is 0 Å². The molecule has 0 aliphatic rings. The zero-order chi connectivity index (χ0) is 22.6. The van der Waals surface area contributed by atoms with Gasteiger partial charge in [0.1, 0.15) is 22.9 Å². The van der Waals surface area contributed by atoms with Gasteiger partial charge in [-0.25, -0.2) is 13.5 Å². The van der Waals surface area contributed by atoms with Gasteiger partial charge in [-0.2, -0.15) is 24.1 Å². The number of hydrogen-bond donors (Lipinski definition) is 2. The first-order valence-electron chi connectivity index (χ1n) is 9.25. The molecule has 8 nitrogen and oxygen atoms in total. The van der Waals surface area contributed by atoms with E-state index in [0.29, 0.717) is 26.8 Å². The molecule has 5 aromatic rings. The lowest BCUT2D eigenvalue weighted by Gasteiger charge is -2.09. The summed E-state index contributed by atoms with van der Waals surface area (Å²) in [4.78, 5) is 12.7. The smallest absolute Gasteiger partial charge is 0.322 e. The first kappa shape index (κ1) is 19.7. The van der Waals surface area contributed by atoms with E-state index in [1.807, 2.05) is 0 Å². The predicted octanol–water partition coefficient (Wildman–Crippen LogP) is 4.24. The Morgan fingerprint density at radius 3 is 2.69 bits per heavy atom. The van der Waals surface area contributed by atoms with Gasteiger partial charge in [-0.05, 0) is 18.2 Å². The number of fused-ring (bicyclic) bond motifs is 2. The van der Waals surface area contributed by atoms with Crippen LogP contribution in [0.3, 0.4) is 0 Å². The molecule has 1 amide bonds. The third-order valence-electron chi connectivity index (χ3n) is 5.07. The van der Waals surface area contributed by atoms with Gasteiger partial charge in [-0.15, -0.1) is 0 Å². The molecule has 162 valence electrons. The van der Waals surface area contributed by atoms with Gasteiger partial charge in [-0.1, -0.05) is 0 Å². The highest BCUT2D eigenvalue weighted by molar-refractivity contribution is 6.08. The molecule has 2 N–H and O–H groups in total. The van der Waals surface area contributed by atoms with Crippen molar-refractivity contribution in [3.05, 3.63) is 60.1 Å². The summed E-state index contributed by atoms with van der Waals surface area (Å²) >= 11 is 0. The van der Waals surface area contributed by atoms with Crippen LogP contribution in [0.5, 0.6) is 0 Å². The number of nitrogens with zero attached hydrogens (tertiary/aromatic N) is 5. The number of nitrogens with one attached hydrogen (secondary N) is 2. The fraction of sp³-hybridized carbons (Fsp3) is 0.100. The van der Waals surface area contributed by atoms with Gasteiger partial charge in [0.25, 0.3) is 5.91 Å². The maximum atomic E-state index is 14.8. The third kappa shape index (κ3) is 3.07. The Balaban J connectivity index is 1.51. The van der Waals surface area contributed by atoms with E-state index >= 15 is 0 Å². The second-order valence-corrected chi connectivity index (χ2v) is 7.02. The van der Waals surface area contributed by atoms with Crippen LogP contribution in [0, 0.1) is 11.6 Å². The number of amides is 1. The Morgan fingerprint density at radius 2 is 1.94 bits per heavy atom. The summed E-state index contributed by atoms with van der Waals surface area (Å²) in [5.41, 5.74) is 0.936. The number of aromatic amines is 1. The highest BCUT2D eigenvalue weighted by atomic mass is 19.3. The lowest BCUT2D eigenvalue weighted by Crippen LogP contribution is -2.16. The Labute approximate surface area is 176 Å². The Hall–Kier alpha value is -4.22. The molecule has 5 rings (SSSR count). The molecule has 2 aromatic carbocycles. The van der Waals surface area contributed by atoms with Crippen molar-refractivity contribution in [2.75, 3.05) is 5.32 Å². The Kier molecular flexibility index (Phi) is 4.43. The third-order valence-corrected chi connectivity index (χ3v) is 5.07. The topological polar surface area (TPSA) is 93.4 Å². The minimum atomic E-state index is -2.80. The second kappa shape index (κ2) is 7.18. The van der Waals surface area contributed by atoms with Crippen molar-refractivity contribution in [3.8, 4) is 11.3 Å². The fourth-order valence-corrected chi connectivity index (χ4v) is 3.50. The lowest BCUT2D eigenvalue weighted by atomic mass is 10.1. The summed E-state index contributed by atoms with van der Waals surface area (Å²) in [6.07, 6.45) is 3.59. The van der Waals surface area contributed by atoms with Gasteiger partial charge < -0.3 is 5.32 Å². The SMILES string of the molecule is Cn1ncc2c(F)c(C(=O)Nc3ccc4[nH]nc(-c5cnn(C(F)F)c5)c4c3)c(F)cc21. The number of aryl methyl sites for hydroxylation is 1. The van der Waals surface area contributed by atoms with Crippen LogP contribution < -0.4 is 5.32 Å². The van der Waals surface area contributed by atoms with Gasteiger partial charge in [0.2, 0.25) is 0 Å². The maximum absolute atomic E-state index is 14.8. The normalized spacial score (nSPS) is 11.7. The molecule has 0 bridgehead atoms. The van der Waals surface area contributed by atoms with Crippen LogP contribution in [0.2, 0.25) is 0 Å². The molecule has 32 heavy (non-hydrogen) atoms. The van der Waals surface area contributed by atoms with Crippen molar-refractivity contribution in [2.24, 2.45) is 7.05 Å². The minimum Gasteiger partial charge on any atom is -0.322 e. The summed E-state index contributed by atoms with van der Waals surface area (Å²) in [7, 11) is 1.53. The molecule has 0 saturated carbocycles. The highest BCUT2D eigenvalue weighted by Gasteiger charge is 2.23. The minimum absolute atomic E-state index is 0.0164. The van der Waals surface area contributed by atoms with Crippen LogP contribution in [0.1, 0.15) is 16.9 Å². The number of anilines is 1. The molecule has 0 fully saturated rings. The molecule has 0 spiro atoms. The number of rotatable bonds is 4. The van der Waals surface area contributed by atoms with Crippen LogP contribution in [-0.2, 0) is 7.05 Å². The van der Waals surface area contributed by atoms with Crippen molar-refractivity contribution < 1.29 is 22.4 Å². The van der Waals surface area contributed by atoms with Crippen molar-refractivity contribution in [1.82, 2.24) is 29.8 Å². The van der Waals surface area contributed by atoms with Gasteiger partial charge in [0, 0.05) is 35.9 Å². The van der Waals surface area contributed by atoms with Crippen molar-refractivity contribution in [3.63, 3.8) is 0 Å². The second-order valence-electron chi connectivity index (χ2n) is 7.02. The number of halogens is 4. The molecule has 0 saturated heterocycles. The van der Waals surface area contributed by atoms with Gasteiger partial charge in [0.05, 0.1) is 28.8 Å². The van der Waals surface area contributed by atoms with Crippen molar-refractivity contribution >= 4 is 33.4 Å². The number of benzene rings is 2. The van der Waals surface area contributed by atoms with Crippen molar-refractivity contribution in [1.29, 1.82) is 0 Å². The fourth-order valence-electron chi connectivity index (χ4n) is 3.50. The van der Waals surface area contributed by atoms with E-state index in [-0.39, 0.29) is 16.6 Å². The number of carbonyl (C=O) groups excluding carboxylic acids is 1. The van der Waals surface area contributed by atoms with Gasteiger partial charge >= 0.3 is 6.55 Å². The molecular formula is C20H13F4N7O. The first-order chi connectivity index (χ1) is 15.3. The number of hydrogen-bond acceptors (Lipinski definition) is 4. The summed E-state index contributed by atoms with van der Waals surface area (Å²) in [6, 6.07) is 5.67. The van der Waals surface area contributed by atoms with Crippen LogP contribution in [0.15, 0.2) is 42.9 Å². The summed E-state index contributed by atoms with van der Waals surface area (Å²) in [5.74, 6) is -3.03. The first-order valence-corrected chi connectivity index (χ1v) is 9.25. The molecule has 0 aliphatic carbocycles. The molecule has 3 heterocycles. The number of H-pyrrole nitrogens is 1. The largest absolute Gasteiger partial charge is 0.333 e. The number of aromatic nitrogens is 6. The van der Waals surface area contributed by atoms with E-state index in [9.17, 15) is 22.4 Å². The van der Waals surface area contributed by atoms with E-state index in [4.69, 9.17) is 0 Å². The molecule has 0 radical (unpaired) electrons. The van der Waals surface area contributed by atoms with Crippen molar-refractivity contribution in [2.45, 2.75) is 6.55 Å². The van der Waals surface area contributed by atoms with E-state index in [1.165, 1.54) is 36.3 Å². The molecular weight excluding hydrogens is 430 g/mol. The molecule has 0 atom stereocenters. The quantitative estimate of drug-likeness (QED) is 0.407. The molecule has 0 aliphatic heterocycles. The number of carbonyl (C=O) groups is 1. The van der Waals surface area contributed by atoms with E-state index in [1.54, 1.807) is 6.07 Å². The highest BCUT2D eigenvalue weighted by Crippen LogP contribution is 2.30. The maximum Gasteiger partial charge on any atom is 0.333 e. The van der Waals surface area contributed by atoms with Crippen LogP contribution in [0.4, 0.5) is 23.2 Å². The predicted molar refractivity (Wildman–Crippen MR) is 107 cm³/mol. The standard InChI is InChI=1S/C20H13F4N7O/c1-30-15-5-13(21)16(17(22)12(15)7-25-30)19(32)27-10-2-3-14-11(4-10)18(29-28-14)9-6-26-31(8-9)20(23)24/h2-8,20H,1H3,(H,27,32)(H,28,29). The Bertz CT molecular complexity index is 1500. The molecule has 3 aromatic heterocycles. The van der Waals surface area contributed by atoms with Crippen LogP contribution in [0.25, 0.3) is 33.1 Å². The zero-order valence-corrected chi connectivity index (χ0v) is 16.3. The monoisotopic (exact) mass is 443 g/mol. The summed E-state index contributed by atoms with van der Waals surface area (Å²) in [6.45, 7) is -2.80. The van der Waals surface area contributed by atoms with Crippen LogP contribution >= 0.6 is 0 Å². The Morgan fingerprint density at radius 1 is 1.12 bits per heavy atom. The summed E-state index contributed by atoms with van der Waals surface area (Å²) < 4.78 is 56.8. The van der Waals surface area contributed by atoms with Gasteiger partial charge in [-0.3, -0.25) is 14.6 Å². The number of alkyl halides is 2. The lowest BCUT2D eigenvalue weighted by molar-refractivity contribution is 0.0566. The zero-order valence-electron chi connectivity index (χ0n) is 16.3. The van der Waals surface area contributed by atoms with Crippen LogP contribution in [-0.4, -0.2) is 35.7 Å². The molecule has 0 unspecified atom stereocenters.